The van der Waals surface area contributed by atoms with Crippen molar-refractivity contribution in [1.29, 1.82) is 0 Å². The molecule has 0 aliphatic carbocycles. The van der Waals surface area contributed by atoms with E-state index in [0.29, 0.717) is 5.75 Å². The lowest BCUT2D eigenvalue weighted by Gasteiger charge is -2.06. The van der Waals surface area contributed by atoms with Crippen LogP contribution >= 0.6 is 55.0 Å². The number of amides is 1. The summed E-state index contributed by atoms with van der Waals surface area (Å²) in [5, 5.41) is 4.90. The average Bonchev–Trinajstić information content (AvgIpc) is 3.05. The van der Waals surface area contributed by atoms with Crippen molar-refractivity contribution in [3.63, 3.8) is 0 Å². The third-order valence-corrected chi connectivity index (χ3v) is 6.34. The highest BCUT2D eigenvalue weighted by Gasteiger charge is 2.09. The molecular weight excluding hydrogens is 472 g/mol. The maximum Gasteiger partial charge on any atom is 0.234 e. The smallest absolute Gasteiger partial charge is 0.234 e. The molecule has 1 heterocycles. The molecule has 0 fully saturated rings. The van der Waals surface area contributed by atoms with Crippen LogP contribution in [0.2, 0.25) is 0 Å². The molecule has 1 N–H and O–H groups in total. The predicted octanol–water partition coefficient (Wildman–Crippen LogP) is 6.07. The SMILES string of the molecule is O=C(CSc1nc(-c2ccc(Br)cc2)cs1)Nc1ccccc1Br. The van der Waals surface area contributed by atoms with Gasteiger partial charge >= 0.3 is 0 Å². The van der Waals surface area contributed by atoms with E-state index in [0.717, 1.165) is 30.2 Å². The van der Waals surface area contributed by atoms with Crippen LogP contribution in [0.3, 0.4) is 0 Å². The maximum atomic E-state index is 12.1. The number of thioether (sulfide) groups is 1. The van der Waals surface area contributed by atoms with Gasteiger partial charge in [0, 0.05) is 19.9 Å². The molecular formula is C17H12Br2N2OS2. The number of thiazole rings is 1. The van der Waals surface area contributed by atoms with Crippen LogP contribution in [0.15, 0.2) is 67.2 Å². The molecule has 122 valence electrons. The number of hydrogen-bond donors (Lipinski definition) is 1. The minimum Gasteiger partial charge on any atom is -0.324 e. The number of nitrogens with zero attached hydrogens (tertiary/aromatic N) is 1. The molecule has 2 aromatic carbocycles. The first kappa shape index (κ1) is 17.7. The Balaban J connectivity index is 1.58. The molecule has 0 atom stereocenters. The Kier molecular flexibility index (Phi) is 6.10. The Morgan fingerprint density at radius 2 is 1.88 bits per heavy atom. The van der Waals surface area contributed by atoms with Crippen LogP contribution < -0.4 is 5.32 Å². The van der Waals surface area contributed by atoms with Gasteiger partial charge in [0.15, 0.2) is 4.34 Å². The molecule has 0 unspecified atom stereocenters. The largest absolute Gasteiger partial charge is 0.324 e. The van der Waals surface area contributed by atoms with Gasteiger partial charge in [-0.2, -0.15) is 0 Å². The Morgan fingerprint density at radius 3 is 2.62 bits per heavy atom. The zero-order chi connectivity index (χ0) is 16.9. The molecule has 0 radical (unpaired) electrons. The van der Waals surface area contributed by atoms with Crippen molar-refractivity contribution in [3.8, 4) is 11.3 Å². The highest BCUT2D eigenvalue weighted by Crippen LogP contribution is 2.29. The summed E-state index contributed by atoms with van der Waals surface area (Å²) < 4.78 is 2.80. The molecule has 3 aromatic rings. The zero-order valence-electron chi connectivity index (χ0n) is 12.3. The minimum atomic E-state index is -0.0488. The third-order valence-electron chi connectivity index (χ3n) is 3.10. The molecule has 0 saturated heterocycles. The summed E-state index contributed by atoms with van der Waals surface area (Å²) >= 11 is 9.84. The maximum absolute atomic E-state index is 12.1. The molecule has 7 heteroatoms. The summed E-state index contributed by atoms with van der Waals surface area (Å²) in [4.78, 5) is 16.7. The topological polar surface area (TPSA) is 42.0 Å². The Labute approximate surface area is 165 Å². The summed E-state index contributed by atoms with van der Waals surface area (Å²) in [6, 6.07) is 15.6. The van der Waals surface area contributed by atoms with Crippen LogP contribution in [-0.2, 0) is 4.79 Å². The monoisotopic (exact) mass is 482 g/mol. The van der Waals surface area contributed by atoms with Gasteiger partial charge in [-0.25, -0.2) is 4.98 Å². The van der Waals surface area contributed by atoms with Gasteiger partial charge in [-0.1, -0.05) is 52.0 Å². The van der Waals surface area contributed by atoms with Crippen LogP contribution in [0.1, 0.15) is 0 Å². The normalized spacial score (nSPS) is 10.6. The molecule has 1 aromatic heterocycles. The van der Waals surface area contributed by atoms with Crippen molar-refractivity contribution in [2.45, 2.75) is 4.34 Å². The minimum absolute atomic E-state index is 0.0488. The number of benzene rings is 2. The van der Waals surface area contributed by atoms with Crippen LogP contribution in [0.4, 0.5) is 5.69 Å². The molecule has 0 bridgehead atoms. The van der Waals surface area contributed by atoms with E-state index < -0.39 is 0 Å². The van der Waals surface area contributed by atoms with E-state index in [9.17, 15) is 4.79 Å². The Morgan fingerprint density at radius 1 is 1.12 bits per heavy atom. The quantitative estimate of drug-likeness (QED) is 0.448. The van der Waals surface area contributed by atoms with E-state index in [-0.39, 0.29) is 5.91 Å². The fourth-order valence-electron chi connectivity index (χ4n) is 1.95. The summed E-state index contributed by atoms with van der Waals surface area (Å²) in [5.41, 5.74) is 2.78. The van der Waals surface area contributed by atoms with Crippen molar-refractivity contribution >= 4 is 66.6 Å². The van der Waals surface area contributed by atoms with Crippen molar-refractivity contribution < 1.29 is 4.79 Å². The first-order chi connectivity index (χ1) is 11.6. The van der Waals surface area contributed by atoms with Crippen LogP contribution in [-0.4, -0.2) is 16.6 Å². The lowest BCUT2D eigenvalue weighted by Crippen LogP contribution is -2.14. The fourth-order valence-corrected chi connectivity index (χ4v) is 4.24. The standard InChI is InChI=1S/C17H12Br2N2OS2/c18-12-7-5-11(6-8-12)15-9-23-17(21-15)24-10-16(22)20-14-4-2-1-3-13(14)19/h1-9H,10H2,(H,20,22). The average molecular weight is 484 g/mol. The Bertz CT molecular complexity index is 850. The van der Waals surface area contributed by atoms with E-state index in [1.165, 1.54) is 11.8 Å². The number of anilines is 1. The number of nitrogens with one attached hydrogen (secondary N) is 1. The first-order valence-electron chi connectivity index (χ1n) is 7.00. The molecule has 24 heavy (non-hydrogen) atoms. The fraction of sp³-hybridized carbons (Fsp3) is 0.0588. The van der Waals surface area contributed by atoms with Crippen molar-refractivity contribution in [2.24, 2.45) is 0 Å². The third kappa shape index (κ3) is 4.69. The van der Waals surface area contributed by atoms with Crippen LogP contribution in [0.25, 0.3) is 11.3 Å². The van der Waals surface area contributed by atoms with Crippen molar-refractivity contribution in [1.82, 2.24) is 4.98 Å². The van der Waals surface area contributed by atoms with Gasteiger partial charge < -0.3 is 5.32 Å². The second-order valence-corrected chi connectivity index (χ2v) is 8.67. The van der Waals surface area contributed by atoms with E-state index >= 15 is 0 Å². The molecule has 0 aliphatic heterocycles. The molecule has 0 saturated carbocycles. The summed E-state index contributed by atoms with van der Waals surface area (Å²) in [6.45, 7) is 0. The van der Waals surface area contributed by atoms with Gasteiger partial charge in [-0.3, -0.25) is 4.79 Å². The van der Waals surface area contributed by atoms with E-state index in [2.05, 4.69) is 42.2 Å². The van der Waals surface area contributed by atoms with Crippen molar-refractivity contribution in [3.05, 3.63) is 62.9 Å². The molecule has 3 nitrogen and oxygen atoms in total. The number of rotatable bonds is 5. The summed E-state index contributed by atoms with van der Waals surface area (Å²) in [5.74, 6) is 0.279. The van der Waals surface area contributed by atoms with Crippen LogP contribution in [0, 0.1) is 0 Å². The second kappa shape index (κ2) is 8.29. The van der Waals surface area contributed by atoms with Gasteiger partial charge in [0.05, 0.1) is 17.1 Å². The van der Waals surface area contributed by atoms with Gasteiger partial charge in [-0.05, 0) is 40.2 Å². The van der Waals surface area contributed by atoms with E-state index in [4.69, 9.17) is 0 Å². The van der Waals surface area contributed by atoms with Gasteiger partial charge in [0.25, 0.3) is 0 Å². The predicted molar refractivity (Wildman–Crippen MR) is 109 cm³/mol. The molecule has 0 aliphatic rings. The zero-order valence-corrected chi connectivity index (χ0v) is 17.1. The number of halogens is 2. The highest BCUT2D eigenvalue weighted by molar-refractivity contribution is 9.10. The molecule has 3 rings (SSSR count). The van der Waals surface area contributed by atoms with E-state index in [1.54, 1.807) is 11.3 Å². The lowest BCUT2D eigenvalue weighted by atomic mass is 10.2. The summed E-state index contributed by atoms with van der Waals surface area (Å²) in [6.07, 6.45) is 0. The number of hydrogen-bond acceptors (Lipinski definition) is 4. The second-order valence-electron chi connectivity index (χ2n) is 4.82. The highest BCUT2D eigenvalue weighted by atomic mass is 79.9. The lowest BCUT2D eigenvalue weighted by molar-refractivity contribution is -0.113. The van der Waals surface area contributed by atoms with Gasteiger partial charge in [0.1, 0.15) is 0 Å². The number of carbonyl (C=O) groups is 1. The van der Waals surface area contributed by atoms with Crippen molar-refractivity contribution in [2.75, 3.05) is 11.1 Å². The van der Waals surface area contributed by atoms with Crippen LogP contribution in [0.5, 0.6) is 0 Å². The van der Waals surface area contributed by atoms with Gasteiger partial charge in [0.2, 0.25) is 5.91 Å². The van der Waals surface area contributed by atoms with E-state index in [1.807, 2.05) is 53.9 Å². The molecule has 0 spiro atoms. The first-order valence-corrected chi connectivity index (χ1v) is 10.5. The summed E-state index contributed by atoms with van der Waals surface area (Å²) in [7, 11) is 0. The number of carbonyl (C=O) groups excluding carboxylic acids is 1. The number of para-hydroxylation sites is 1. The Hall–Kier alpha value is -1.15. The molecule has 1 amide bonds. The number of aromatic nitrogens is 1. The van der Waals surface area contributed by atoms with Gasteiger partial charge in [-0.15, -0.1) is 11.3 Å².